The molecule has 0 saturated carbocycles. The molecule has 4 rings (SSSR count). The van der Waals surface area contributed by atoms with Gasteiger partial charge in [0.1, 0.15) is 11.0 Å². The van der Waals surface area contributed by atoms with Gasteiger partial charge in [0.25, 0.3) is 0 Å². The number of halogens is 4. The zero-order chi connectivity index (χ0) is 22.2. The third kappa shape index (κ3) is 4.50. The summed E-state index contributed by atoms with van der Waals surface area (Å²) in [6, 6.07) is 9.05. The molecule has 0 unspecified atom stereocenters. The van der Waals surface area contributed by atoms with E-state index in [2.05, 4.69) is 19.6 Å². The Morgan fingerprint density at radius 3 is 2.61 bits per heavy atom. The summed E-state index contributed by atoms with van der Waals surface area (Å²) in [5, 5.41) is 3.43. The van der Waals surface area contributed by atoms with Crippen LogP contribution in [0.25, 0.3) is 11.4 Å². The van der Waals surface area contributed by atoms with Crippen molar-refractivity contribution in [1.29, 1.82) is 0 Å². The zero-order valence-electron chi connectivity index (χ0n) is 15.6. The summed E-state index contributed by atoms with van der Waals surface area (Å²) in [4.78, 5) is 7.35. The summed E-state index contributed by atoms with van der Waals surface area (Å²) in [7, 11) is -3.76. The van der Waals surface area contributed by atoms with E-state index >= 15 is 0 Å². The molecule has 13 heteroatoms. The number of ether oxygens (including phenoxy) is 1. The molecule has 1 aromatic carbocycles. The number of hydrogen-bond acceptors (Lipinski definition) is 7. The van der Waals surface area contributed by atoms with Crippen molar-refractivity contribution >= 4 is 21.6 Å². The van der Waals surface area contributed by atoms with Gasteiger partial charge in [0.2, 0.25) is 21.7 Å². The lowest BCUT2D eigenvalue weighted by molar-refractivity contribution is -0.159. The highest BCUT2D eigenvalue weighted by Crippen LogP contribution is 2.30. The monoisotopic (exact) mass is 474 g/mol. The maximum absolute atomic E-state index is 12.8. The number of rotatable bonds is 5. The average molecular weight is 475 g/mol. The van der Waals surface area contributed by atoms with Gasteiger partial charge in [0, 0.05) is 24.4 Å². The minimum Gasteiger partial charge on any atom is -0.473 e. The Bertz CT molecular complexity index is 1190. The molecule has 0 aliphatic carbocycles. The van der Waals surface area contributed by atoms with Crippen molar-refractivity contribution in [2.45, 2.75) is 23.6 Å². The van der Waals surface area contributed by atoms with Gasteiger partial charge in [-0.15, -0.1) is 0 Å². The van der Waals surface area contributed by atoms with E-state index in [9.17, 15) is 21.6 Å². The molecule has 2 aromatic heterocycles. The van der Waals surface area contributed by atoms with Crippen molar-refractivity contribution in [2.75, 3.05) is 13.1 Å². The predicted octanol–water partition coefficient (Wildman–Crippen LogP) is 3.65. The third-order valence-corrected chi connectivity index (χ3v) is 6.88. The van der Waals surface area contributed by atoms with Gasteiger partial charge in [-0.1, -0.05) is 28.9 Å². The lowest BCUT2D eigenvalue weighted by atomic mass is 10.2. The van der Waals surface area contributed by atoms with E-state index < -0.39 is 28.2 Å². The van der Waals surface area contributed by atoms with Gasteiger partial charge in [0.15, 0.2) is 0 Å². The zero-order valence-corrected chi connectivity index (χ0v) is 17.2. The van der Waals surface area contributed by atoms with Gasteiger partial charge in [0.05, 0.1) is 11.6 Å². The number of benzene rings is 1. The minimum absolute atomic E-state index is 0.0260. The van der Waals surface area contributed by atoms with Crippen LogP contribution in [0.2, 0.25) is 5.02 Å². The number of alkyl halides is 3. The van der Waals surface area contributed by atoms with Gasteiger partial charge in [-0.05, 0) is 24.6 Å². The van der Waals surface area contributed by atoms with E-state index in [0.717, 1.165) is 0 Å². The largest absolute Gasteiger partial charge is 0.473 e. The van der Waals surface area contributed by atoms with Crippen molar-refractivity contribution in [1.82, 2.24) is 19.4 Å². The molecule has 1 fully saturated rings. The smallest absolute Gasteiger partial charge is 0.471 e. The Morgan fingerprint density at radius 2 is 1.97 bits per heavy atom. The predicted molar refractivity (Wildman–Crippen MR) is 102 cm³/mol. The summed E-state index contributed by atoms with van der Waals surface area (Å²) in [6.45, 7) is 0.357. The van der Waals surface area contributed by atoms with E-state index in [-0.39, 0.29) is 40.3 Å². The molecular formula is C18H14ClF3N4O4S. The fourth-order valence-electron chi connectivity index (χ4n) is 3.01. The molecule has 31 heavy (non-hydrogen) atoms. The van der Waals surface area contributed by atoms with Gasteiger partial charge < -0.3 is 9.26 Å². The molecule has 0 amide bonds. The van der Waals surface area contributed by atoms with E-state index in [1.807, 2.05) is 0 Å². The van der Waals surface area contributed by atoms with Crippen LogP contribution in [-0.4, -0.2) is 47.0 Å². The highest BCUT2D eigenvalue weighted by molar-refractivity contribution is 7.89. The number of nitrogens with zero attached hydrogens (tertiary/aromatic N) is 4. The van der Waals surface area contributed by atoms with E-state index in [1.54, 1.807) is 12.1 Å². The second-order valence-corrected chi connectivity index (χ2v) is 8.94. The molecule has 1 atom stereocenters. The van der Waals surface area contributed by atoms with E-state index in [1.165, 1.54) is 34.8 Å². The Morgan fingerprint density at radius 1 is 1.19 bits per heavy atom. The summed E-state index contributed by atoms with van der Waals surface area (Å²) in [5.41, 5.74) is 0.209. The minimum atomic E-state index is -4.74. The highest BCUT2D eigenvalue weighted by Gasteiger charge is 2.38. The van der Waals surface area contributed by atoms with Crippen LogP contribution in [0.4, 0.5) is 13.2 Å². The standard InChI is InChI=1S/C18H14ClF3N4O4S/c19-13-3-1-2-4-14(13)31(27,28)26-8-7-12(10-26)29-15-6-5-11(9-23-15)16-24-17(30-25-16)18(20,21)22/h1-6,9,12H,7-8,10H2/t12-/m1/s1. The second kappa shape index (κ2) is 8.09. The van der Waals surface area contributed by atoms with Crippen LogP contribution < -0.4 is 4.74 Å². The van der Waals surface area contributed by atoms with Crippen LogP contribution in [-0.2, 0) is 16.2 Å². The molecule has 164 valence electrons. The molecule has 0 spiro atoms. The molecule has 1 saturated heterocycles. The number of hydrogen-bond donors (Lipinski definition) is 0. The fourth-order valence-corrected chi connectivity index (χ4v) is 4.99. The van der Waals surface area contributed by atoms with Crippen LogP contribution in [0.3, 0.4) is 0 Å². The van der Waals surface area contributed by atoms with Crippen LogP contribution in [0.5, 0.6) is 5.88 Å². The Kier molecular flexibility index (Phi) is 5.62. The molecule has 8 nitrogen and oxygen atoms in total. The van der Waals surface area contributed by atoms with Crippen molar-refractivity contribution in [3.63, 3.8) is 0 Å². The van der Waals surface area contributed by atoms with Crippen LogP contribution >= 0.6 is 11.6 Å². The number of pyridine rings is 1. The molecule has 3 heterocycles. The van der Waals surface area contributed by atoms with Gasteiger partial charge in [-0.25, -0.2) is 13.4 Å². The first-order valence-corrected chi connectivity index (χ1v) is 10.7. The van der Waals surface area contributed by atoms with Crippen LogP contribution in [0.15, 0.2) is 52.0 Å². The summed E-state index contributed by atoms with van der Waals surface area (Å²) in [5.74, 6) is -1.52. The summed E-state index contributed by atoms with van der Waals surface area (Å²) < 4.78 is 74.5. The van der Waals surface area contributed by atoms with Crippen molar-refractivity contribution < 1.29 is 30.8 Å². The molecule has 1 aliphatic rings. The van der Waals surface area contributed by atoms with Gasteiger partial charge >= 0.3 is 12.1 Å². The first kappa shape index (κ1) is 21.5. The lowest BCUT2D eigenvalue weighted by Crippen LogP contribution is -2.31. The topological polar surface area (TPSA) is 98.4 Å². The van der Waals surface area contributed by atoms with Crippen molar-refractivity contribution in [2.24, 2.45) is 0 Å². The first-order chi connectivity index (χ1) is 14.6. The highest BCUT2D eigenvalue weighted by atomic mass is 35.5. The maximum Gasteiger partial charge on any atom is 0.471 e. The summed E-state index contributed by atoms with van der Waals surface area (Å²) in [6.07, 6.45) is -3.50. The summed E-state index contributed by atoms with van der Waals surface area (Å²) >= 11 is 6.02. The number of aromatic nitrogens is 3. The molecular weight excluding hydrogens is 461 g/mol. The maximum atomic E-state index is 12.8. The quantitative estimate of drug-likeness (QED) is 0.556. The van der Waals surface area contributed by atoms with E-state index in [4.69, 9.17) is 16.3 Å². The van der Waals surface area contributed by atoms with Crippen molar-refractivity contribution in [3.05, 3.63) is 53.5 Å². The Balaban J connectivity index is 1.42. The molecule has 0 bridgehead atoms. The Hall–Kier alpha value is -2.70. The van der Waals surface area contributed by atoms with Gasteiger partial charge in [-0.2, -0.15) is 22.5 Å². The average Bonchev–Trinajstić information content (AvgIpc) is 3.39. The van der Waals surface area contributed by atoms with E-state index in [0.29, 0.717) is 6.42 Å². The number of sulfonamides is 1. The molecule has 3 aromatic rings. The van der Waals surface area contributed by atoms with Crippen LogP contribution in [0, 0.1) is 0 Å². The third-order valence-electron chi connectivity index (χ3n) is 4.51. The normalized spacial score (nSPS) is 17.7. The second-order valence-electron chi connectivity index (χ2n) is 6.63. The fraction of sp³-hybridized carbons (Fsp3) is 0.278. The Labute approximate surface area is 179 Å². The molecule has 0 radical (unpaired) electrons. The van der Waals surface area contributed by atoms with Crippen LogP contribution in [0.1, 0.15) is 12.3 Å². The lowest BCUT2D eigenvalue weighted by Gasteiger charge is -2.17. The SMILES string of the molecule is O=S(=O)(c1ccccc1Cl)N1CC[C@@H](Oc2ccc(-c3noc(C(F)(F)F)n3)cn2)C1. The van der Waals surface area contributed by atoms with Crippen molar-refractivity contribution in [3.8, 4) is 17.3 Å². The van der Waals surface area contributed by atoms with Gasteiger partial charge in [-0.3, -0.25) is 0 Å². The molecule has 1 aliphatic heterocycles. The molecule has 0 N–H and O–H groups in total. The first-order valence-electron chi connectivity index (χ1n) is 8.93.